The third kappa shape index (κ3) is 6.19. The Balaban J connectivity index is 1.26. The Kier molecular flexibility index (Phi) is 7.74. The molecule has 2 aromatic heterocycles. The van der Waals surface area contributed by atoms with Gasteiger partial charge in [-0.2, -0.15) is 0 Å². The number of likely N-dealkylation sites (N-methyl/N-ethyl adjacent to an activating group) is 1. The molecule has 1 saturated heterocycles. The quantitative estimate of drug-likeness (QED) is 0.489. The Morgan fingerprint density at radius 1 is 1.06 bits per heavy atom. The number of hydrogen-bond donors (Lipinski definition) is 2. The standard InChI is InChI=1S/C24H33N7OS/c1-4-30-14-16-31(17-15-30)13-5-12-25-23(32)28-24-26-20-10-11-21(27-22(20)33-24)29(3)19-8-6-18(2)7-9-19/h6-11H,4-5,12-17H2,1-3H3,(H2,25,26,28,32). The number of nitrogens with zero attached hydrogens (tertiary/aromatic N) is 5. The first kappa shape index (κ1) is 23.4. The van der Waals surface area contributed by atoms with Crippen molar-refractivity contribution in [3.63, 3.8) is 0 Å². The Morgan fingerprint density at radius 3 is 2.52 bits per heavy atom. The number of carbonyl (C=O) groups is 1. The van der Waals surface area contributed by atoms with Crippen LogP contribution in [0.15, 0.2) is 36.4 Å². The maximum absolute atomic E-state index is 12.3. The van der Waals surface area contributed by atoms with Crippen molar-refractivity contribution in [2.45, 2.75) is 20.3 Å². The summed E-state index contributed by atoms with van der Waals surface area (Å²) < 4.78 is 0. The number of anilines is 3. The highest BCUT2D eigenvalue weighted by Gasteiger charge is 2.15. The van der Waals surface area contributed by atoms with Crippen molar-refractivity contribution in [3.05, 3.63) is 42.0 Å². The molecule has 9 heteroatoms. The maximum Gasteiger partial charge on any atom is 0.321 e. The lowest BCUT2D eigenvalue weighted by Gasteiger charge is -2.33. The lowest BCUT2D eigenvalue weighted by atomic mass is 10.2. The van der Waals surface area contributed by atoms with E-state index in [0.717, 1.165) is 67.5 Å². The molecule has 1 fully saturated rings. The smallest absolute Gasteiger partial charge is 0.321 e. The van der Waals surface area contributed by atoms with E-state index in [1.54, 1.807) is 0 Å². The number of nitrogens with one attached hydrogen (secondary N) is 2. The van der Waals surface area contributed by atoms with E-state index in [1.807, 2.05) is 24.1 Å². The van der Waals surface area contributed by atoms with Gasteiger partial charge >= 0.3 is 6.03 Å². The van der Waals surface area contributed by atoms with Gasteiger partial charge in [0.2, 0.25) is 0 Å². The molecule has 2 amide bonds. The van der Waals surface area contributed by atoms with Crippen LogP contribution >= 0.6 is 11.3 Å². The number of fused-ring (bicyclic) bond motifs is 1. The first-order chi connectivity index (χ1) is 16.0. The van der Waals surface area contributed by atoms with E-state index in [9.17, 15) is 4.79 Å². The van der Waals surface area contributed by atoms with Crippen LogP contribution in [0.25, 0.3) is 10.3 Å². The van der Waals surface area contributed by atoms with Gasteiger partial charge in [0.15, 0.2) is 5.13 Å². The number of urea groups is 1. The van der Waals surface area contributed by atoms with Crippen LogP contribution in [0.1, 0.15) is 18.9 Å². The van der Waals surface area contributed by atoms with Gasteiger partial charge in [-0.25, -0.2) is 14.8 Å². The molecular weight excluding hydrogens is 434 g/mol. The van der Waals surface area contributed by atoms with Crippen LogP contribution in [-0.4, -0.2) is 78.7 Å². The summed E-state index contributed by atoms with van der Waals surface area (Å²) in [4.78, 5) is 29.3. The molecule has 1 aliphatic rings. The van der Waals surface area contributed by atoms with E-state index in [4.69, 9.17) is 4.98 Å². The van der Waals surface area contributed by atoms with Gasteiger partial charge in [-0.15, -0.1) is 0 Å². The lowest BCUT2D eigenvalue weighted by Crippen LogP contribution is -2.46. The molecule has 1 aliphatic heterocycles. The fourth-order valence-electron chi connectivity index (χ4n) is 3.92. The van der Waals surface area contributed by atoms with Crippen LogP contribution in [0, 0.1) is 6.92 Å². The van der Waals surface area contributed by atoms with Crippen molar-refractivity contribution in [1.82, 2.24) is 25.1 Å². The monoisotopic (exact) mass is 467 g/mol. The normalized spacial score (nSPS) is 15.0. The highest BCUT2D eigenvalue weighted by atomic mass is 32.1. The number of hydrogen-bond acceptors (Lipinski definition) is 7. The molecule has 0 aliphatic carbocycles. The third-order valence-corrected chi connectivity index (χ3v) is 6.96. The van der Waals surface area contributed by atoms with Gasteiger partial charge in [-0.1, -0.05) is 36.0 Å². The van der Waals surface area contributed by atoms with Crippen LogP contribution in [0.4, 0.5) is 21.4 Å². The zero-order valence-electron chi connectivity index (χ0n) is 19.7. The number of benzene rings is 1. The van der Waals surface area contributed by atoms with Crippen LogP contribution < -0.4 is 15.5 Å². The second kappa shape index (κ2) is 10.9. The van der Waals surface area contributed by atoms with Gasteiger partial charge < -0.3 is 20.0 Å². The van der Waals surface area contributed by atoms with Gasteiger partial charge in [-0.3, -0.25) is 5.32 Å². The second-order valence-corrected chi connectivity index (χ2v) is 9.40. The Hall–Kier alpha value is -2.75. The molecular formula is C24H33N7OS. The van der Waals surface area contributed by atoms with Crippen LogP contribution in [0.3, 0.4) is 0 Å². The molecule has 0 atom stereocenters. The van der Waals surface area contributed by atoms with Crippen molar-refractivity contribution < 1.29 is 4.79 Å². The van der Waals surface area contributed by atoms with Crippen molar-refractivity contribution in [2.75, 3.05) is 63.1 Å². The molecule has 33 heavy (non-hydrogen) atoms. The summed E-state index contributed by atoms with van der Waals surface area (Å²) >= 11 is 1.39. The maximum atomic E-state index is 12.3. The van der Waals surface area contributed by atoms with E-state index in [-0.39, 0.29) is 6.03 Å². The van der Waals surface area contributed by atoms with E-state index < -0.39 is 0 Å². The minimum absolute atomic E-state index is 0.221. The first-order valence-electron chi connectivity index (χ1n) is 11.6. The van der Waals surface area contributed by atoms with Gasteiger partial charge in [0.25, 0.3) is 0 Å². The Labute approximate surface area is 199 Å². The number of piperazine rings is 1. The van der Waals surface area contributed by atoms with E-state index in [0.29, 0.717) is 11.7 Å². The summed E-state index contributed by atoms with van der Waals surface area (Å²) in [6.45, 7) is 11.6. The third-order valence-electron chi connectivity index (χ3n) is 6.08. The zero-order chi connectivity index (χ0) is 23.2. The number of pyridine rings is 1. The SMILES string of the molecule is CCN1CCN(CCCNC(=O)Nc2nc3ccc(N(C)c4ccc(C)cc4)nc3s2)CC1. The van der Waals surface area contributed by atoms with Crippen molar-refractivity contribution >= 4 is 44.4 Å². The molecule has 1 aromatic carbocycles. The molecule has 176 valence electrons. The molecule has 3 aromatic rings. The summed E-state index contributed by atoms with van der Waals surface area (Å²) in [5.41, 5.74) is 3.08. The number of amides is 2. The summed E-state index contributed by atoms with van der Waals surface area (Å²) in [6.07, 6.45) is 0.940. The number of thiazole rings is 1. The number of carbonyl (C=O) groups excluding carboxylic acids is 1. The molecule has 3 heterocycles. The van der Waals surface area contributed by atoms with Gasteiger partial charge in [0.1, 0.15) is 16.2 Å². The Morgan fingerprint density at radius 2 is 1.79 bits per heavy atom. The molecule has 0 radical (unpaired) electrons. The molecule has 2 N–H and O–H groups in total. The average Bonchev–Trinajstić information content (AvgIpc) is 3.23. The fraction of sp³-hybridized carbons (Fsp3) is 0.458. The summed E-state index contributed by atoms with van der Waals surface area (Å²) in [5.74, 6) is 0.839. The lowest BCUT2D eigenvalue weighted by molar-refractivity contribution is 0.136. The largest absolute Gasteiger partial charge is 0.338 e. The van der Waals surface area contributed by atoms with E-state index >= 15 is 0 Å². The summed E-state index contributed by atoms with van der Waals surface area (Å²) in [6, 6.07) is 12.0. The van der Waals surface area contributed by atoms with Crippen LogP contribution in [-0.2, 0) is 0 Å². The van der Waals surface area contributed by atoms with Crippen molar-refractivity contribution in [1.29, 1.82) is 0 Å². The van der Waals surface area contributed by atoms with Crippen molar-refractivity contribution in [3.8, 4) is 0 Å². The summed E-state index contributed by atoms with van der Waals surface area (Å²) in [5, 5.41) is 6.35. The second-order valence-electron chi connectivity index (χ2n) is 8.42. The summed E-state index contributed by atoms with van der Waals surface area (Å²) in [7, 11) is 2.00. The minimum atomic E-state index is -0.221. The van der Waals surface area contributed by atoms with Gasteiger partial charge in [0.05, 0.1) is 0 Å². The first-order valence-corrected chi connectivity index (χ1v) is 12.4. The predicted molar refractivity (Wildman–Crippen MR) is 137 cm³/mol. The number of rotatable bonds is 8. The van der Waals surface area contributed by atoms with E-state index in [1.165, 1.54) is 16.9 Å². The van der Waals surface area contributed by atoms with E-state index in [2.05, 4.69) is 63.5 Å². The van der Waals surface area contributed by atoms with Crippen molar-refractivity contribution in [2.24, 2.45) is 0 Å². The van der Waals surface area contributed by atoms with Gasteiger partial charge in [0, 0.05) is 45.5 Å². The number of aryl methyl sites for hydroxylation is 1. The predicted octanol–water partition coefficient (Wildman–Crippen LogP) is 3.92. The average molecular weight is 468 g/mol. The molecule has 0 unspecified atom stereocenters. The zero-order valence-corrected chi connectivity index (χ0v) is 20.5. The molecule has 8 nitrogen and oxygen atoms in total. The van der Waals surface area contributed by atoms with Crippen LogP contribution in [0.2, 0.25) is 0 Å². The Bertz CT molecular complexity index is 1060. The molecule has 0 bridgehead atoms. The fourth-order valence-corrected chi connectivity index (χ4v) is 4.75. The topological polar surface area (TPSA) is 76.6 Å². The van der Waals surface area contributed by atoms with Gasteiger partial charge in [-0.05, 0) is 50.7 Å². The number of aromatic nitrogens is 2. The minimum Gasteiger partial charge on any atom is -0.338 e. The van der Waals surface area contributed by atoms with Crippen LogP contribution in [0.5, 0.6) is 0 Å². The molecule has 0 saturated carbocycles. The molecule has 0 spiro atoms. The molecule has 4 rings (SSSR count). The highest BCUT2D eigenvalue weighted by molar-refractivity contribution is 7.22. The highest BCUT2D eigenvalue weighted by Crippen LogP contribution is 2.29.